The molecule has 2 heterocycles. The maximum Gasteiger partial charge on any atom is 0.434 e. The molecule has 41 heavy (non-hydrogen) atoms. The Morgan fingerprint density at radius 3 is 2.17 bits per heavy atom. The van der Waals surface area contributed by atoms with Crippen LogP contribution in [-0.2, 0) is 14.3 Å². The Kier molecular flexibility index (Phi) is 9.70. The number of nitrogens with zero attached hydrogens (tertiary/aromatic N) is 2. The molecule has 2 aliphatic heterocycles. The number of allylic oxidation sites excluding steroid dienone is 2. The average Bonchev–Trinajstić information content (AvgIpc) is 2.94. The van der Waals surface area contributed by atoms with E-state index in [-0.39, 0.29) is 56.0 Å². The van der Waals surface area contributed by atoms with Gasteiger partial charge in [0.05, 0.1) is 19.8 Å². The lowest BCUT2D eigenvalue weighted by Crippen LogP contribution is -2.49. The van der Waals surface area contributed by atoms with Gasteiger partial charge in [-0.15, -0.1) is 0 Å². The van der Waals surface area contributed by atoms with Gasteiger partial charge >= 0.3 is 18.4 Å². The number of hydrogen-bond donors (Lipinski definition) is 0. The number of ether oxygens (including phenoxy) is 3. The molecule has 14 heteroatoms. The van der Waals surface area contributed by atoms with Crippen molar-refractivity contribution in [1.29, 1.82) is 0 Å². The Labute approximate surface area is 232 Å². The maximum atomic E-state index is 14.8. The van der Waals surface area contributed by atoms with Crippen LogP contribution < -0.4 is 4.74 Å². The fraction of sp³-hybridized carbons (Fsp3) is 0.630. The molecule has 2 amide bonds. The minimum absolute atomic E-state index is 0.00515. The minimum atomic E-state index is -5.78. The molecule has 1 unspecified atom stereocenters. The van der Waals surface area contributed by atoms with Crippen molar-refractivity contribution in [2.75, 3.05) is 46.0 Å². The highest BCUT2D eigenvalue weighted by Gasteiger charge is 2.60. The molecular weight excluding hydrogens is 565 g/mol. The highest BCUT2D eigenvalue weighted by atomic mass is 19.4. The molecule has 7 nitrogen and oxygen atoms in total. The number of piperidine rings is 1. The third-order valence-corrected chi connectivity index (χ3v) is 7.55. The first kappa shape index (κ1) is 30.9. The Morgan fingerprint density at radius 2 is 1.61 bits per heavy atom. The second kappa shape index (κ2) is 12.9. The predicted octanol–water partition coefficient (Wildman–Crippen LogP) is 5.59. The molecule has 0 saturated carbocycles. The van der Waals surface area contributed by atoms with Crippen LogP contribution in [-0.4, -0.2) is 86.3 Å². The van der Waals surface area contributed by atoms with E-state index in [1.807, 2.05) is 11.0 Å². The van der Waals surface area contributed by atoms with Crippen molar-refractivity contribution in [2.24, 2.45) is 11.8 Å². The molecule has 4 rings (SSSR count). The standard InChI is InChI=1S/C27H31F7N2O5/c28-21-15-20(18-1-3-19(4-2-18)23(37)35-11-13-39-14-12-35)5-6-22(21)40-16-17-7-9-36(10-8-17)25(38)41-24(26(29,30)31)27(32,33)34/h1,5-6,15,17,19,24H,2-4,7-14,16H2. The van der Waals surface area contributed by atoms with Crippen molar-refractivity contribution in [1.82, 2.24) is 9.80 Å². The zero-order chi connectivity index (χ0) is 29.8. The normalized spacial score (nSPS) is 21.1. The minimum Gasteiger partial charge on any atom is -0.490 e. The number of hydrogen-bond acceptors (Lipinski definition) is 5. The average molecular weight is 597 g/mol. The van der Waals surface area contributed by atoms with Gasteiger partial charge in [0.1, 0.15) is 0 Å². The summed E-state index contributed by atoms with van der Waals surface area (Å²) >= 11 is 0. The van der Waals surface area contributed by atoms with Gasteiger partial charge in [-0.1, -0.05) is 12.1 Å². The Balaban J connectivity index is 1.24. The van der Waals surface area contributed by atoms with Crippen LogP contribution in [0.2, 0.25) is 0 Å². The molecule has 1 atom stereocenters. The monoisotopic (exact) mass is 596 g/mol. The molecular formula is C27H31F7N2O5. The SMILES string of the molecule is O=C(OC(C(F)(F)F)C(F)(F)F)N1CCC(COc2ccc(C3=CCC(C(=O)N4CCOCC4)CC3)cc2F)CC1. The number of rotatable bonds is 6. The van der Waals surface area contributed by atoms with Crippen molar-refractivity contribution in [2.45, 2.75) is 50.6 Å². The number of likely N-dealkylation sites (tertiary alicyclic amines) is 1. The van der Waals surface area contributed by atoms with Gasteiger partial charge in [-0.05, 0) is 61.3 Å². The van der Waals surface area contributed by atoms with Crippen molar-refractivity contribution in [3.8, 4) is 5.75 Å². The quantitative estimate of drug-likeness (QED) is 0.401. The van der Waals surface area contributed by atoms with E-state index in [1.54, 1.807) is 6.07 Å². The zero-order valence-corrected chi connectivity index (χ0v) is 22.1. The first-order valence-corrected chi connectivity index (χ1v) is 13.4. The molecule has 228 valence electrons. The summed E-state index contributed by atoms with van der Waals surface area (Å²) < 4.78 is 105. The number of carbonyl (C=O) groups is 2. The zero-order valence-electron chi connectivity index (χ0n) is 22.1. The van der Waals surface area contributed by atoms with Crippen LogP contribution in [0.4, 0.5) is 35.5 Å². The summed E-state index contributed by atoms with van der Waals surface area (Å²) in [5.41, 5.74) is 1.63. The molecule has 3 aliphatic rings. The lowest BCUT2D eigenvalue weighted by Gasteiger charge is -2.33. The number of carbonyl (C=O) groups excluding carboxylic acids is 2. The maximum absolute atomic E-state index is 14.8. The predicted molar refractivity (Wildman–Crippen MR) is 131 cm³/mol. The van der Waals surface area contributed by atoms with E-state index < -0.39 is 30.4 Å². The van der Waals surface area contributed by atoms with Gasteiger partial charge in [0, 0.05) is 32.1 Å². The van der Waals surface area contributed by atoms with E-state index in [4.69, 9.17) is 9.47 Å². The second-order valence-corrected chi connectivity index (χ2v) is 10.4. The molecule has 1 aliphatic carbocycles. The Morgan fingerprint density at radius 1 is 0.951 bits per heavy atom. The summed E-state index contributed by atoms with van der Waals surface area (Å²) in [7, 11) is 0. The third kappa shape index (κ3) is 8.04. The lowest BCUT2D eigenvalue weighted by atomic mass is 9.85. The Hall–Kier alpha value is -3.03. The smallest absolute Gasteiger partial charge is 0.434 e. The number of benzene rings is 1. The number of amides is 2. The molecule has 1 aromatic rings. The van der Waals surface area contributed by atoms with Crippen LogP contribution in [0.1, 0.15) is 37.7 Å². The molecule has 0 radical (unpaired) electrons. The van der Waals surface area contributed by atoms with Gasteiger partial charge in [-0.3, -0.25) is 4.79 Å². The Bertz CT molecular complexity index is 1100. The third-order valence-electron chi connectivity index (χ3n) is 7.55. The largest absolute Gasteiger partial charge is 0.490 e. The van der Waals surface area contributed by atoms with E-state index in [2.05, 4.69) is 4.74 Å². The van der Waals surface area contributed by atoms with E-state index in [0.29, 0.717) is 51.1 Å². The molecule has 2 fully saturated rings. The topological polar surface area (TPSA) is 68.3 Å². The number of alkyl halides is 6. The highest BCUT2D eigenvalue weighted by molar-refractivity contribution is 5.81. The van der Waals surface area contributed by atoms with Gasteiger partial charge in [0.15, 0.2) is 11.6 Å². The summed E-state index contributed by atoms with van der Waals surface area (Å²) in [4.78, 5) is 27.2. The van der Waals surface area contributed by atoms with Gasteiger partial charge in [-0.25, -0.2) is 9.18 Å². The van der Waals surface area contributed by atoms with Crippen LogP contribution in [0.5, 0.6) is 5.75 Å². The molecule has 0 bridgehead atoms. The van der Waals surface area contributed by atoms with Crippen molar-refractivity contribution in [3.05, 3.63) is 35.7 Å². The van der Waals surface area contributed by atoms with Crippen LogP contribution in [0.15, 0.2) is 24.3 Å². The fourth-order valence-electron chi connectivity index (χ4n) is 5.16. The summed E-state index contributed by atoms with van der Waals surface area (Å²) in [6.45, 7) is 2.07. The van der Waals surface area contributed by atoms with Crippen LogP contribution in [0, 0.1) is 17.7 Å². The fourth-order valence-corrected chi connectivity index (χ4v) is 5.16. The summed E-state index contributed by atoms with van der Waals surface area (Å²) in [6, 6.07) is 4.59. The molecule has 0 N–H and O–H groups in total. The number of halogens is 7. The first-order valence-electron chi connectivity index (χ1n) is 13.4. The van der Waals surface area contributed by atoms with Crippen molar-refractivity contribution in [3.63, 3.8) is 0 Å². The molecule has 1 aromatic carbocycles. The summed E-state index contributed by atoms with van der Waals surface area (Å²) in [5, 5.41) is 0. The van der Waals surface area contributed by atoms with Crippen LogP contribution >= 0.6 is 0 Å². The van der Waals surface area contributed by atoms with E-state index >= 15 is 0 Å². The molecule has 2 saturated heterocycles. The first-order chi connectivity index (χ1) is 19.3. The van der Waals surface area contributed by atoms with Crippen molar-refractivity contribution < 1.29 is 54.5 Å². The van der Waals surface area contributed by atoms with E-state index in [1.165, 1.54) is 12.1 Å². The number of morpholine rings is 1. The van der Waals surface area contributed by atoms with E-state index in [0.717, 1.165) is 10.5 Å². The van der Waals surface area contributed by atoms with Crippen LogP contribution in [0.3, 0.4) is 0 Å². The molecule has 0 spiro atoms. The summed E-state index contributed by atoms with van der Waals surface area (Å²) in [6.07, 6.45) is -13.2. The summed E-state index contributed by atoms with van der Waals surface area (Å²) in [5.74, 6) is -0.755. The second-order valence-electron chi connectivity index (χ2n) is 10.4. The van der Waals surface area contributed by atoms with Gasteiger partial charge < -0.3 is 24.0 Å². The van der Waals surface area contributed by atoms with Crippen molar-refractivity contribution >= 4 is 17.6 Å². The highest BCUT2D eigenvalue weighted by Crippen LogP contribution is 2.37. The lowest BCUT2D eigenvalue weighted by molar-refractivity contribution is -0.308. The van der Waals surface area contributed by atoms with Crippen LogP contribution in [0.25, 0.3) is 5.57 Å². The van der Waals surface area contributed by atoms with Gasteiger partial charge in [-0.2, -0.15) is 26.3 Å². The van der Waals surface area contributed by atoms with E-state index in [9.17, 15) is 40.3 Å². The van der Waals surface area contributed by atoms with Gasteiger partial charge in [0.25, 0.3) is 6.10 Å². The molecule has 0 aromatic heterocycles. The van der Waals surface area contributed by atoms with Gasteiger partial charge in [0.2, 0.25) is 5.91 Å².